The highest BCUT2D eigenvalue weighted by Crippen LogP contribution is 2.41. The lowest BCUT2D eigenvalue weighted by atomic mass is 9.72. The van der Waals surface area contributed by atoms with E-state index in [2.05, 4.69) is 9.80 Å². The van der Waals surface area contributed by atoms with Crippen molar-refractivity contribution >= 4 is 5.91 Å². The van der Waals surface area contributed by atoms with Crippen molar-refractivity contribution in [3.05, 3.63) is 23.8 Å². The quantitative estimate of drug-likeness (QED) is 0.791. The molecule has 0 aromatic heterocycles. The summed E-state index contributed by atoms with van der Waals surface area (Å²) in [4.78, 5) is 17.7. The number of piperidine rings is 3. The van der Waals surface area contributed by atoms with E-state index in [1.54, 1.807) is 14.2 Å². The molecule has 1 aromatic rings. The monoisotopic (exact) mass is 402 g/mol. The van der Waals surface area contributed by atoms with Crippen LogP contribution < -0.4 is 9.47 Å². The van der Waals surface area contributed by atoms with E-state index in [-0.39, 0.29) is 18.6 Å². The fourth-order valence-corrected chi connectivity index (χ4v) is 5.81. The van der Waals surface area contributed by atoms with Gasteiger partial charge in [-0.2, -0.15) is 0 Å². The Hall–Kier alpha value is -1.79. The molecule has 2 bridgehead atoms. The van der Waals surface area contributed by atoms with Crippen molar-refractivity contribution in [2.45, 2.75) is 50.6 Å². The number of carbonyl (C=O) groups is 1. The van der Waals surface area contributed by atoms with Crippen molar-refractivity contribution in [2.75, 3.05) is 40.5 Å². The van der Waals surface area contributed by atoms with Crippen LogP contribution in [0.5, 0.6) is 11.5 Å². The maximum atomic E-state index is 13.0. The van der Waals surface area contributed by atoms with E-state index in [0.717, 1.165) is 31.6 Å². The molecule has 0 saturated carbocycles. The topological polar surface area (TPSA) is 62.2 Å². The molecule has 6 nitrogen and oxygen atoms in total. The summed E-state index contributed by atoms with van der Waals surface area (Å²) in [5.41, 5.74) is 1.08. The van der Waals surface area contributed by atoms with Crippen LogP contribution in [0.4, 0.5) is 0 Å². The summed E-state index contributed by atoms with van der Waals surface area (Å²) in [7, 11) is 3.26. The Morgan fingerprint density at radius 2 is 1.93 bits per heavy atom. The van der Waals surface area contributed by atoms with Crippen LogP contribution >= 0.6 is 0 Å². The van der Waals surface area contributed by atoms with E-state index in [1.807, 2.05) is 18.2 Å². The average molecular weight is 403 g/mol. The SMILES string of the molecule is COc1ccc(CCC(=O)N2C[C@H]3C[C@@H](C2)[C@H](CO)N2CCCC[C@@H]32)cc1OC. The number of rotatable bonds is 6. The van der Waals surface area contributed by atoms with Crippen molar-refractivity contribution < 1.29 is 19.4 Å². The summed E-state index contributed by atoms with van der Waals surface area (Å²) in [6.07, 6.45) is 6.08. The normalized spacial score (nSPS) is 29.3. The maximum Gasteiger partial charge on any atom is 0.222 e. The van der Waals surface area contributed by atoms with Gasteiger partial charge in [0.05, 0.1) is 20.8 Å². The summed E-state index contributed by atoms with van der Waals surface area (Å²) < 4.78 is 10.7. The average Bonchev–Trinajstić information content (AvgIpc) is 2.77. The number of aliphatic hydroxyl groups excluding tert-OH is 1. The van der Waals surface area contributed by atoms with Crippen LogP contribution in [-0.2, 0) is 11.2 Å². The van der Waals surface area contributed by atoms with Gasteiger partial charge < -0.3 is 19.5 Å². The molecule has 3 aliphatic heterocycles. The first kappa shape index (κ1) is 20.5. The summed E-state index contributed by atoms with van der Waals surface area (Å²) in [6, 6.07) is 6.62. The molecular weight excluding hydrogens is 368 g/mol. The molecule has 3 saturated heterocycles. The number of hydrogen-bond donors (Lipinski definition) is 1. The molecule has 6 heteroatoms. The van der Waals surface area contributed by atoms with Crippen LogP contribution in [0.1, 0.15) is 37.7 Å². The Morgan fingerprint density at radius 1 is 1.14 bits per heavy atom. The van der Waals surface area contributed by atoms with E-state index in [0.29, 0.717) is 42.2 Å². The highest BCUT2D eigenvalue weighted by Gasteiger charge is 2.47. The van der Waals surface area contributed by atoms with Crippen molar-refractivity contribution in [2.24, 2.45) is 11.8 Å². The molecule has 160 valence electrons. The van der Waals surface area contributed by atoms with E-state index in [9.17, 15) is 9.90 Å². The largest absolute Gasteiger partial charge is 0.493 e. The first-order valence-electron chi connectivity index (χ1n) is 11.0. The Bertz CT molecular complexity index is 711. The Balaban J connectivity index is 1.40. The molecule has 3 fully saturated rings. The van der Waals surface area contributed by atoms with E-state index < -0.39 is 0 Å². The number of carbonyl (C=O) groups excluding carboxylic acids is 1. The van der Waals surface area contributed by atoms with Crippen LogP contribution in [0.3, 0.4) is 0 Å². The lowest BCUT2D eigenvalue weighted by Crippen LogP contribution is -2.65. The first-order chi connectivity index (χ1) is 14.1. The zero-order valence-corrected chi connectivity index (χ0v) is 17.7. The summed E-state index contributed by atoms with van der Waals surface area (Å²) >= 11 is 0. The first-order valence-corrected chi connectivity index (χ1v) is 11.0. The van der Waals surface area contributed by atoms with Gasteiger partial charge in [0.15, 0.2) is 11.5 Å². The lowest BCUT2D eigenvalue weighted by molar-refractivity contribution is -0.142. The van der Waals surface area contributed by atoms with Gasteiger partial charge in [0.1, 0.15) is 0 Å². The Kier molecular flexibility index (Phi) is 6.30. The van der Waals surface area contributed by atoms with Crippen LogP contribution in [0.15, 0.2) is 18.2 Å². The van der Waals surface area contributed by atoms with Gasteiger partial charge in [0, 0.05) is 31.6 Å². The molecule has 1 aromatic carbocycles. The Morgan fingerprint density at radius 3 is 2.69 bits per heavy atom. The minimum absolute atomic E-state index is 0.210. The van der Waals surface area contributed by atoms with E-state index in [4.69, 9.17) is 9.47 Å². The number of methoxy groups -OCH3 is 2. The zero-order chi connectivity index (χ0) is 20.4. The third-order valence-corrected chi connectivity index (χ3v) is 7.24. The van der Waals surface area contributed by atoms with Gasteiger partial charge in [0.2, 0.25) is 5.91 Å². The molecule has 1 amide bonds. The zero-order valence-electron chi connectivity index (χ0n) is 17.7. The van der Waals surface area contributed by atoms with Gasteiger partial charge in [-0.1, -0.05) is 12.5 Å². The minimum Gasteiger partial charge on any atom is -0.493 e. The summed E-state index contributed by atoms with van der Waals surface area (Å²) in [5, 5.41) is 10.0. The number of likely N-dealkylation sites (tertiary alicyclic amines) is 1. The molecule has 3 aliphatic rings. The van der Waals surface area contributed by atoms with E-state index >= 15 is 0 Å². The second-order valence-corrected chi connectivity index (χ2v) is 8.79. The van der Waals surface area contributed by atoms with Gasteiger partial charge in [-0.15, -0.1) is 0 Å². The number of ether oxygens (including phenoxy) is 2. The second kappa shape index (κ2) is 8.92. The van der Waals surface area contributed by atoms with Gasteiger partial charge in [-0.25, -0.2) is 0 Å². The number of aryl methyl sites for hydroxylation is 1. The molecule has 0 spiro atoms. The molecule has 4 rings (SSSR count). The molecular formula is C23H34N2O4. The van der Waals surface area contributed by atoms with Crippen LogP contribution in [0.2, 0.25) is 0 Å². The predicted molar refractivity (Wildman–Crippen MR) is 111 cm³/mol. The smallest absolute Gasteiger partial charge is 0.222 e. The van der Waals surface area contributed by atoms with E-state index in [1.165, 1.54) is 19.3 Å². The molecule has 0 unspecified atom stereocenters. The Labute approximate surface area is 173 Å². The predicted octanol–water partition coefficient (Wildman–Crippen LogP) is 2.33. The highest BCUT2D eigenvalue weighted by molar-refractivity contribution is 5.76. The molecule has 1 N–H and O–H groups in total. The molecule has 29 heavy (non-hydrogen) atoms. The number of aliphatic hydroxyl groups is 1. The van der Waals surface area contributed by atoms with Crippen molar-refractivity contribution in [1.29, 1.82) is 0 Å². The van der Waals surface area contributed by atoms with Crippen molar-refractivity contribution in [1.82, 2.24) is 9.80 Å². The molecule has 0 aliphatic carbocycles. The standard InChI is InChI=1S/C23H34N2O4/c1-28-21-8-6-16(11-22(21)29-2)7-9-23(27)24-13-17-12-18(14-24)20(15-26)25-10-4-3-5-19(17)25/h6,8,11,17-20,26H,3-5,7,9-10,12-15H2,1-2H3/t17-,18+,19+,20+/m1/s1. The highest BCUT2D eigenvalue weighted by atomic mass is 16.5. The molecule has 0 radical (unpaired) electrons. The second-order valence-electron chi connectivity index (χ2n) is 8.79. The molecule has 3 heterocycles. The van der Waals surface area contributed by atoms with Crippen molar-refractivity contribution in [3.8, 4) is 11.5 Å². The fraction of sp³-hybridized carbons (Fsp3) is 0.696. The third kappa shape index (κ3) is 4.10. The number of amides is 1. The number of hydrogen-bond acceptors (Lipinski definition) is 5. The summed E-state index contributed by atoms with van der Waals surface area (Å²) in [5.74, 6) is 2.60. The summed E-state index contributed by atoms with van der Waals surface area (Å²) in [6.45, 7) is 2.98. The van der Waals surface area contributed by atoms with Crippen LogP contribution in [0.25, 0.3) is 0 Å². The number of benzene rings is 1. The van der Waals surface area contributed by atoms with Gasteiger partial charge in [-0.05, 0) is 61.8 Å². The van der Waals surface area contributed by atoms with Crippen LogP contribution in [0, 0.1) is 11.8 Å². The fourth-order valence-electron chi connectivity index (χ4n) is 5.81. The van der Waals surface area contributed by atoms with Crippen molar-refractivity contribution in [3.63, 3.8) is 0 Å². The number of nitrogens with zero attached hydrogens (tertiary/aromatic N) is 2. The maximum absolute atomic E-state index is 13.0. The minimum atomic E-state index is 0.210. The number of fused-ring (bicyclic) bond motifs is 4. The molecule has 4 atom stereocenters. The third-order valence-electron chi connectivity index (χ3n) is 7.24. The van der Waals surface area contributed by atoms with Gasteiger partial charge in [0.25, 0.3) is 0 Å². The van der Waals surface area contributed by atoms with Gasteiger partial charge in [-0.3, -0.25) is 9.69 Å². The van der Waals surface area contributed by atoms with Crippen LogP contribution in [-0.4, -0.2) is 73.4 Å². The van der Waals surface area contributed by atoms with Gasteiger partial charge >= 0.3 is 0 Å². The lowest BCUT2D eigenvalue weighted by Gasteiger charge is -2.56.